The molecule has 0 aromatic heterocycles. The molecule has 5 heteroatoms. The van der Waals surface area contributed by atoms with Crippen molar-refractivity contribution in [3.63, 3.8) is 0 Å². The third kappa shape index (κ3) is 4.99. The van der Waals surface area contributed by atoms with Crippen molar-refractivity contribution in [1.82, 2.24) is 5.32 Å². The fraction of sp³-hybridized carbons (Fsp3) is 0.368. The van der Waals surface area contributed by atoms with E-state index >= 15 is 0 Å². The van der Waals surface area contributed by atoms with Crippen molar-refractivity contribution in [1.29, 1.82) is 0 Å². The van der Waals surface area contributed by atoms with Gasteiger partial charge in [-0.15, -0.1) is 0 Å². The van der Waals surface area contributed by atoms with Crippen molar-refractivity contribution in [2.75, 3.05) is 6.61 Å². The van der Waals surface area contributed by atoms with E-state index in [1.807, 2.05) is 24.3 Å². The molecule has 1 atom stereocenters. The summed E-state index contributed by atoms with van der Waals surface area (Å²) in [6.07, 6.45) is -1.90. The largest absolute Gasteiger partial charge is 0.484 e. The quantitative estimate of drug-likeness (QED) is 0.779. The molecule has 24 heavy (non-hydrogen) atoms. The Kier molecular flexibility index (Phi) is 5.09. The highest BCUT2D eigenvalue weighted by Gasteiger charge is 2.32. The molecule has 0 spiro atoms. The molecular weight excluding hydrogens is 315 g/mol. The number of alkyl halides is 3. The molecule has 0 amide bonds. The maximum Gasteiger partial charge on any atom is 0.422 e. The van der Waals surface area contributed by atoms with E-state index in [0.717, 1.165) is 5.56 Å². The van der Waals surface area contributed by atoms with Crippen LogP contribution in [-0.2, 0) is 6.54 Å². The predicted octanol–water partition coefficient (Wildman–Crippen LogP) is 4.87. The number of benzene rings is 2. The van der Waals surface area contributed by atoms with Gasteiger partial charge in [-0.2, -0.15) is 13.2 Å². The number of hydrogen-bond acceptors (Lipinski definition) is 2. The van der Waals surface area contributed by atoms with E-state index in [1.54, 1.807) is 18.2 Å². The molecule has 1 N–H and O–H groups in total. The summed E-state index contributed by atoms with van der Waals surface area (Å²) in [7, 11) is 0. The van der Waals surface area contributed by atoms with E-state index in [-0.39, 0.29) is 11.8 Å². The van der Waals surface area contributed by atoms with E-state index in [1.165, 1.54) is 18.4 Å². The van der Waals surface area contributed by atoms with Crippen molar-refractivity contribution in [2.45, 2.75) is 31.6 Å². The molecule has 128 valence electrons. The molecular formula is C19H20F3NO. The van der Waals surface area contributed by atoms with Crippen LogP contribution in [0, 0.1) is 5.92 Å². The van der Waals surface area contributed by atoms with Crippen LogP contribution in [0.1, 0.15) is 30.0 Å². The number of halogens is 3. The van der Waals surface area contributed by atoms with Gasteiger partial charge in [0.15, 0.2) is 6.61 Å². The Labute approximate surface area is 139 Å². The second kappa shape index (κ2) is 7.26. The van der Waals surface area contributed by atoms with Gasteiger partial charge in [0.2, 0.25) is 0 Å². The highest BCUT2D eigenvalue weighted by molar-refractivity contribution is 5.29. The van der Waals surface area contributed by atoms with Gasteiger partial charge in [0.1, 0.15) is 5.75 Å². The van der Waals surface area contributed by atoms with Crippen molar-refractivity contribution in [3.8, 4) is 5.75 Å². The Balaban J connectivity index is 1.61. The van der Waals surface area contributed by atoms with Gasteiger partial charge in [0, 0.05) is 12.6 Å². The average molecular weight is 335 g/mol. The van der Waals surface area contributed by atoms with Crippen LogP contribution in [0.15, 0.2) is 54.6 Å². The van der Waals surface area contributed by atoms with Crippen molar-refractivity contribution >= 4 is 0 Å². The third-order valence-corrected chi connectivity index (χ3v) is 4.08. The van der Waals surface area contributed by atoms with Crippen molar-refractivity contribution in [3.05, 3.63) is 65.7 Å². The predicted molar refractivity (Wildman–Crippen MR) is 86.7 cm³/mol. The van der Waals surface area contributed by atoms with Crippen LogP contribution in [0.5, 0.6) is 5.75 Å². The fourth-order valence-corrected chi connectivity index (χ4v) is 2.78. The van der Waals surface area contributed by atoms with Gasteiger partial charge in [-0.05, 0) is 42.0 Å². The molecule has 3 rings (SSSR count). The lowest BCUT2D eigenvalue weighted by Gasteiger charge is -2.19. The summed E-state index contributed by atoms with van der Waals surface area (Å²) < 4.78 is 41.5. The van der Waals surface area contributed by atoms with E-state index in [2.05, 4.69) is 17.4 Å². The van der Waals surface area contributed by atoms with Gasteiger partial charge in [-0.25, -0.2) is 0 Å². The summed E-state index contributed by atoms with van der Waals surface area (Å²) in [5.74, 6) is 0.881. The summed E-state index contributed by atoms with van der Waals surface area (Å²) in [4.78, 5) is 0. The molecule has 2 aromatic rings. The molecule has 1 fully saturated rings. The van der Waals surface area contributed by atoms with Crippen molar-refractivity contribution in [2.24, 2.45) is 5.92 Å². The monoisotopic (exact) mass is 335 g/mol. The number of rotatable bonds is 7. The Morgan fingerprint density at radius 3 is 2.46 bits per heavy atom. The van der Waals surface area contributed by atoms with Crippen LogP contribution in [0.2, 0.25) is 0 Å². The minimum Gasteiger partial charge on any atom is -0.484 e. The maximum absolute atomic E-state index is 12.2. The Morgan fingerprint density at radius 1 is 1.04 bits per heavy atom. The first kappa shape index (κ1) is 16.8. The molecule has 0 heterocycles. The number of nitrogens with one attached hydrogen (secondary N) is 1. The summed E-state index contributed by atoms with van der Waals surface area (Å²) in [6, 6.07) is 17.4. The second-order valence-corrected chi connectivity index (χ2v) is 6.16. The molecule has 2 nitrogen and oxygen atoms in total. The van der Waals surface area contributed by atoms with E-state index in [4.69, 9.17) is 4.74 Å². The lowest BCUT2D eigenvalue weighted by molar-refractivity contribution is -0.153. The van der Waals surface area contributed by atoms with E-state index in [0.29, 0.717) is 12.5 Å². The Bertz CT molecular complexity index is 653. The summed E-state index contributed by atoms with van der Waals surface area (Å²) in [5.41, 5.74) is 2.17. The first-order chi connectivity index (χ1) is 11.5. The molecule has 1 aliphatic carbocycles. The Morgan fingerprint density at radius 2 is 1.79 bits per heavy atom. The lowest BCUT2D eigenvalue weighted by atomic mass is 10.0. The van der Waals surface area contributed by atoms with Crippen LogP contribution in [0.3, 0.4) is 0 Å². The second-order valence-electron chi connectivity index (χ2n) is 6.16. The molecule has 0 saturated heterocycles. The molecule has 0 radical (unpaired) electrons. The Hall–Kier alpha value is -2.01. The minimum absolute atomic E-state index is 0.245. The topological polar surface area (TPSA) is 21.3 Å². The minimum atomic E-state index is -4.32. The molecule has 0 bridgehead atoms. The zero-order valence-electron chi connectivity index (χ0n) is 13.2. The van der Waals surface area contributed by atoms with E-state index in [9.17, 15) is 13.2 Å². The standard InChI is InChI=1S/C19H20F3NO/c20-19(21,22)13-24-17-8-4-5-14(11-17)12-23-18(16-9-10-16)15-6-2-1-3-7-15/h1-8,11,16,18,23H,9-10,12-13H2. The smallest absolute Gasteiger partial charge is 0.422 e. The van der Waals surface area contributed by atoms with E-state index < -0.39 is 12.8 Å². The molecule has 0 aliphatic heterocycles. The summed E-state index contributed by atoms with van der Waals surface area (Å²) in [6.45, 7) is -0.669. The van der Waals surface area contributed by atoms with Crippen LogP contribution in [0.4, 0.5) is 13.2 Å². The molecule has 1 aliphatic rings. The van der Waals surface area contributed by atoms with Crippen molar-refractivity contribution < 1.29 is 17.9 Å². The van der Waals surface area contributed by atoms with Crippen LogP contribution >= 0.6 is 0 Å². The first-order valence-electron chi connectivity index (χ1n) is 8.08. The average Bonchev–Trinajstić information content (AvgIpc) is 3.39. The first-order valence-corrected chi connectivity index (χ1v) is 8.08. The molecule has 1 saturated carbocycles. The SMILES string of the molecule is FC(F)(F)COc1cccc(CNC(c2ccccc2)C2CC2)c1. The normalized spacial score (nSPS) is 16.0. The number of hydrogen-bond donors (Lipinski definition) is 1. The third-order valence-electron chi connectivity index (χ3n) is 4.08. The fourth-order valence-electron chi connectivity index (χ4n) is 2.78. The van der Waals surface area contributed by atoms with Gasteiger partial charge < -0.3 is 10.1 Å². The lowest BCUT2D eigenvalue weighted by Crippen LogP contribution is -2.22. The maximum atomic E-state index is 12.2. The van der Waals surface area contributed by atoms with Crippen LogP contribution < -0.4 is 10.1 Å². The molecule has 2 aromatic carbocycles. The summed E-state index contributed by atoms with van der Waals surface area (Å²) >= 11 is 0. The van der Waals surface area contributed by atoms with Gasteiger partial charge in [-0.3, -0.25) is 0 Å². The zero-order chi connectivity index (χ0) is 17.0. The van der Waals surface area contributed by atoms with Crippen LogP contribution in [0.25, 0.3) is 0 Å². The van der Waals surface area contributed by atoms with Gasteiger partial charge >= 0.3 is 6.18 Å². The van der Waals surface area contributed by atoms with Gasteiger partial charge in [0.05, 0.1) is 0 Å². The van der Waals surface area contributed by atoms with Gasteiger partial charge in [-0.1, -0.05) is 42.5 Å². The number of ether oxygens (including phenoxy) is 1. The molecule has 1 unspecified atom stereocenters. The van der Waals surface area contributed by atoms with Gasteiger partial charge in [0.25, 0.3) is 0 Å². The summed E-state index contributed by atoms with van der Waals surface area (Å²) in [5, 5.41) is 3.54. The van der Waals surface area contributed by atoms with Crippen LogP contribution in [-0.4, -0.2) is 12.8 Å². The zero-order valence-corrected chi connectivity index (χ0v) is 13.2. The highest BCUT2D eigenvalue weighted by atomic mass is 19.4. The highest BCUT2D eigenvalue weighted by Crippen LogP contribution is 2.41.